The van der Waals surface area contributed by atoms with Crippen LogP contribution in [0.1, 0.15) is 39.2 Å². The van der Waals surface area contributed by atoms with Gasteiger partial charge in [-0.1, -0.05) is 30.3 Å². The summed E-state index contributed by atoms with van der Waals surface area (Å²) in [4.78, 5) is 23.5. The second kappa shape index (κ2) is 10.3. The molecule has 0 aliphatic heterocycles. The number of para-hydroxylation sites is 1. The molecule has 2 N–H and O–H groups in total. The molecule has 28 heavy (non-hydrogen) atoms. The van der Waals surface area contributed by atoms with E-state index >= 15 is 0 Å². The summed E-state index contributed by atoms with van der Waals surface area (Å²) in [6.07, 6.45) is 0.404. The Morgan fingerprint density at radius 2 is 1.64 bits per heavy atom. The normalized spacial score (nSPS) is 10.8. The minimum Gasteiger partial charge on any atom is -0.457 e. The number of rotatable bonds is 8. The SMILES string of the molecule is CC(C)(C)OC(=O)NCCCC(=O)NCc1cccc(Oc2ccccc2)c1. The summed E-state index contributed by atoms with van der Waals surface area (Å²) in [5, 5.41) is 5.52. The fourth-order valence-electron chi connectivity index (χ4n) is 2.39. The molecule has 2 rings (SSSR count). The van der Waals surface area contributed by atoms with Crippen LogP contribution in [0.2, 0.25) is 0 Å². The van der Waals surface area contributed by atoms with E-state index < -0.39 is 11.7 Å². The van der Waals surface area contributed by atoms with Crippen LogP contribution in [0.15, 0.2) is 54.6 Å². The lowest BCUT2D eigenvalue weighted by Gasteiger charge is -2.19. The monoisotopic (exact) mass is 384 g/mol. The fourth-order valence-corrected chi connectivity index (χ4v) is 2.39. The minimum absolute atomic E-state index is 0.0691. The van der Waals surface area contributed by atoms with E-state index in [1.165, 1.54) is 0 Å². The molecule has 2 aromatic carbocycles. The molecule has 0 heterocycles. The van der Waals surface area contributed by atoms with E-state index in [2.05, 4.69) is 10.6 Å². The zero-order chi connectivity index (χ0) is 20.4. The third-order valence-electron chi connectivity index (χ3n) is 3.62. The largest absolute Gasteiger partial charge is 0.457 e. The van der Waals surface area contributed by atoms with Crippen LogP contribution in [0.4, 0.5) is 4.79 Å². The number of amides is 2. The molecule has 150 valence electrons. The molecule has 0 bridgehead atoms. The summed E-state index contributed by atoms with van der Waals surface area (Å²) in [7, 11) is 0. The average Bonchev–Trinajstić information content (AvgIpc) is 2.63. The molecule has 6 heteroatoms. The first-order valence-electron chi connectivity index (χ1n) is 9.37. The number of alkyl carbamates (subject to hydrolysis) is 1. The lowest BCUT2D eigenvalue weighted by Crippen LogP contribution is -2.33. The maximum Gasteiger partial charge on any atom is 0.407 e. The van der Waals surface area contributed by atoms with Crippen LogP contribution in [-0.2, 0) is 16.1 Å². The summed E-state index contributed by atoms with van der Waals surface area (Å²) in [6.45, 7) is 6.23. The van der Waals surface area contributed by atoms with Crippen LogP contribution in [-0.4, -0.2) is 24.1 Å². The van der Waals surface area contributed by atoms with E-state index in [0.29, 0.717) is 25.9 Å². The first-order chi connectivity index (χ1) is 13.3. The van der Waals surface area contributed by atoms with Crippen LogP contribution >= 0.6 is 0 Å². The van der Waals surface area contributed by atoms with Crippen molar-refractivity contribution in [2.75, 3.05) is 6.54 Å². The second-order valence-corrected chi connectivity index (χ2v) is 7.37. The Labute approximate surface area is 166 Å². The zero-order valence-corrected chi connectivity index (χ0v) is 16.7. The molecule has 2 aromatic rings. The Morgan fingerprint density at radius 1 is 0.929 bits per heavy atom. The van der Waals surface area contributed by atoms with E-state index in [4.69, 9.17) is 9.47 Å². The molecule has 0 saturated heterocycles. The van der Waals surface area contributed by atoms with Gasteiger partial charge >= 0.3 is 6.09 Å². The quantitative estimate of drug-likeness (QED) is 0.662. The Morgan fingerprint density at radius 3 is 2.36 bits per heavy atom. The van der Waals surface area contributed by atoms with Gasteiger partial charge in [0.05, 0.1) is 0 Å². The molecule has 0 saturated carbocycles. The van der Waals surface area contributed by atoms with Crippen molar-refractivity contribution in [3.05, 3.63) is 60.2 Å². The lowest BCUT2D eigenvalue weighted by molar-refractivity contribution is -0.121. The average molecular weight is 384 g/mol. The minimum atomic E-state index is -0.528. The summed E-state index contributed by atoms with van der Waals surface area (Å²) >= 11 is 0. The molecule has 0 spiro atoms. The predicted octanol–water partition coefficient (Wildman–Crippen LogP) is 4.40. The number of hydrogen-bond donors (Lipinski definition) is 2. The van der Waals surface area contributed by atoms with Crippen molar-refractivity contribution in [3.8, 4) is 11.5 Å². The van der Waals surface area contributed by atoms with E-state index in [1.807, 2.05) is 54.6 Å². The molecule has 0 aromatic heterocycles. The topological polar surface area (TPSA) is 76.7 Å². The number of nitrogens with one attached hydrogen (secondary N) is 2. The molecule has 0 radical (unpaired) electrons. The van der Waals surface area contributed by atoms with Crippen molar-refractivity contribution in [1.29, 1.82) is 0 Å². The highest BCUT2D eigenvalue weighted by Crippen LogP contribution is 2.21. The molecule has 2 amide bonds. The molecule has 6 nitrogen and oxygen atoms in total. The third-order valence-corrected chi connectivity index (χ3v) is 3.62. The first-order valence-corrected chi connectivity index (χ1v) is 9.37. The zero-order valence-electron chi connectivity index (χ0n) is 16.7. The van der Waals surface area contributed by atoms with Crippen LogP contribution in [0.25, 0.3) is 0 Å². The standard InChI is InChI=1S/C22H28N2O4/c1-22(2,3)28-21(26)23-14-8-13-20(25)24-16-17-9-7-12-19(15-17)27-18-10-5-4-6-11-18/h4-7,9-12,15H,8,13-14,16H2,1-3H3,(H,23,26)(H,24,25). The summed E-state index contributed by atoms with van der Waals surface area (Å²) in [5.41, 5.74) is 0.425. The highest BCUT2D eigenvalue weighted by molar-refractivity contribution is 5.76. The van der Waals surface area contributed by atoms with Crippen molar-refractivity contribution in [2.45, 2.75) is 45.8 Å². The molecular formula is C22H28N2O4. The third kappa shape index (κ3) is 8.58. The van der Waals surface area contributed by atoms with Gasteiger partial charge in [-0.3, -0.25) is 4.79 Å². The maximum absolute atomic E-state index is 12.0. The molecule has 0 aliphatic carbocycles. The smallest absolute Gasteiger partial charge is 0.407 e. The van der Waals surface area contributed by atoms with Crippen molar-refractivity contribution >= 4 is 12.0 Å². The molecule has 0 fully saturated rings. The molecule has 0 aliphatic rings. The van der Waals surface area contributed by atoms with Gasteiger partial charge in [0.15, 0.2) is 0 Å². The number of hydrogen-bond acceptors (Lipinski definition) is 4. The van der Waals surface area contributed by atoms with Gasteiger partial charge in [0.25, 0.3) is 0 Å². The second-order valence-electron chi connectivity index (χ2n) is 7.37. The highest BCUT2D eigenvalue weighted by Gasteiger charge is 2.15. The number of carbonyl (C=O) groups excluding carboxylic acids is 2. The Bertz CT molecular complexity index is 770. The van der Waals surface area contributed by atoms with E-state index in [-0.39, 0.29) is 5.91 Å². The van der Waals surface area contributed by atoms with Gasteiger partial charge in [-0.05, 0) is 57.0 Å². The predicted molar refractivity (Wildman–Crippen MR) is 108 cm³/mol. The summed E-state index contributed by atoms with van der Waals surface area (Å²) in [5.74, 6) is 1.42. The van der Waals surface area contributed by atoms with Gasteiger partial charge in [0.2, 0.25) is 5.91 Å². The van der Waals surface area contributed by atoms with Gasteiger partial charge in [-0.15, -0.1) is 0 Å². The molecule has 0 atom stereocenters. The van der Waals surface area contributed by atoms with Crippen LogP contribution in [0, 0.1) is 0 Å². The summed E-state index contributed by atoms with van der Waals surface area (Å²) in [6, 6.07) is 17.1. The van der Waals surface area contributed by atoms with E-state index in [1.54, 1.807) is 20.8 Å². The van der Waals surface area contributed by atoms with E-state index in [9.17, 15) is 9.59 Å². The molecule has 0 unspecified atom stereocenters. The van der Waals surface area contributed by atoms with Gasteiger partial charge in [-0.2, -0.15) is 0 Å². The molecular weight excluding hydrogens is 356 g/mol. The lowest BCUT2D eigenvalue weighted by atomic mass is 10.2. The van der Waals surface area contributed by atoms with Crippen LogP contribution in [0.5, 0.6) is 11.5 Å². The van der Waals surface area contributed by atoms with Crippen molar-refractivity contribution in [2.24, 2.45) is 0 Å². The van der Waals surface area contributed by atoms with Crippen molar-refractivity contribution in [1.82, 2.24) is 10.6 Å². The number of carbonyl (C=O) groups is 2. The number of ether oxygens (including phenoxy) is 2. The number of benzene rings is 2. The van der Waals surface area contributed by atoms with Crippen molar-refractivity contribution in [3.63, 3.8) is 0 Å². The highest BCUT2D eigenvalue weighted by atomic mass is 16.6. The maximum atomic E-state index is 12.0. The fraction of sp³-hybridized carbons (Fsp3) is 0.364. The Kier molecular flexibility index (Phi) is 7.87. The van der Waals surface area contributed by atoms with Gasteiger partial charge in [-0.25, -0.2) is 4.79 Å². The van der Waals surface area contributed by atoms with E-state index in [0.717, 1.165) is 17.1 Å². The van der Waals surface area contributed by atoms with Crippen molar-refractivity contribution < 1.29 is 19.1 Å². The first kappa shape index (κ1) is 21.3. The summed E-state index contributed by atoms with van der Waals surface area (Å²) < 4.78 is 10.9. The Balaban J connectivity index is 1.68. The van der Waals surface area contributed by atoms with Crippen LogP contribution < -0.4 is 15.4 Å². The van der Waals surface area contributed by atoms with Crippen LogP contribution in [0.3, 0.4) is 0 Å². The van der Waals surface area contributed by atoms with Gasteiger partial charge < -0.3 is 20.1 Å². The van der Waals surface area contributed by atoms with Gasteiger partial charge in [0, 0.05) is 19.5 Å². The van der Waals surface area contributed by atoms with Gasteiger partial charge in [0.1, 0.15) is 17.1 Å². The Hall–Kier alpha value is -3.02.